The first-order chi connectivity index (χ1) is 16.0. The van der Waals surface area contributed by atoms with Gasteiger partial charge in [-0.3, -0.25) is 9.78 Å². The van der Waals surface area contributed by atoms with Crippen LogP contribution in [-0.4, -0.2) is 39.1 Å². The molecule has 0 fully saturated rings. The van der Waals surface area contributed by atoms with E-state index < -0.39 is 0 Å². The zero-order valence-corrected chi connectivity index (χ0v) is 19.1. The fourth-order valence-electron chi connectivity index (χ4n) is 3.37. The third-order valence-electron chi connectivity index (χ3n) is 5.04. The topological polar surface area (TPSA) is 102 Å². The maximum atomic E-state index is 11.3. The Balaban J connectivity index is 1.25. The summed E-state index contributed by atoms with van der Waals surface area (Å²) in [6.07, 6.45) is 2.14. The molecule has 4 rings (SSSR count). The molecule has 170 valence electrons. The predicted molar refractivity (Wildman–Crippen MR) is 128 cm³/mol. The van der Waals surface area contributed by atoms with Gasteiger partial charge in [0.25, 0.3) is 0 Å². The molecule has 0 aliphatic carbocycles. The van der Waals surface area contributed by atoms with E-state index in [4.69, 9.17) is 9.57 Å². The standard InChI is InChI=1S/C24H24N4O4S/c1-16-20(28(2)22(26-16)18-6-4-3-5-7-18)15-25-32-13-12-31-19-10-8-17(9-11-19)14-21-23(29)27-24(30)33-21/h3-11,15,29H,12-14H2,1-2H3,(H,27,30). The van der Waals surface area contributed by atoms with Crippen LogP contribution in [0.2, 0.25) is 0 Å². The molecule has 0 spiro atoms. The number of imidazole rings is 1. The van der Waals surface area contributed by atoms with Crippen LogP contribution in [0.1, 0.15) is 21.8 Å². The number of benzene rings is 2. The van der Waals surface area contributed by atoms with Crippen LogP contribution in [-0.2, 0) is 18.3 Å². The number of hydrogen-bond acceptors (Lipinski definition) is 7. The molecule has 2 heterocycles. The van der Waals surface area contributed by atoms with Crippen LogP contribution in [0, 0.1) is 6.92 Å². The minimum Gasteiger partial charge on any atom is -0.494 e. The maximum Gasteiger partial charge on any atom is 0.307 e. The molecule has 0 aliphatic rings. The second-order valence-corrected chi connectivity index (χ2v) is 8.42. The number of thiazole rings is 1. The third kappa shape index (κ3) is 5.50. The van der Waals surface area contributed by atoms with Crippen LogP contribution in [0.5, 0.6) is 11.6 Å². The van der Waals surface area contributed by atoms with Crippen molar-refractivity contribution in [3.8, 4) is 23.0 Å². The highest BCUT2D eigenvalue weighted by Gasteiger charge is 2.11. The second kappa shape index (κ2) is 10.2. The Labute approximate surface area is 194 Å². The molecule has 8 nitrogen and oxygen atoms in total. The third-order valence-corrected chi connectivity index (χ3v) is 5.91. The number of oxime groups is 1. The van der Waals surface area contributed by atoms with Crippen molar-refractivity contribution < 1.29 is 14.7 Å². The van der Waals surface area contributed by atoms with E-state index in [9.17, 15) is 9.90 Å². The van der Waals surface area contributed by atoms with Gasteiger partial charge in [0.2, 0.25) is 5.88 Å². The van der Waals surface area contributed by atoms with Crippen LogP contribution in [0.4, 0.5) is 0 Å². The van der Waals surface area contributed by atoms with Gasteiger partial charge in [-0.05, 0) is 24.6 Å². The van der Waals surface area contributed by atoms with E-state index in [1.54, 1.807) is 6.21 Å². The van der Waals surface area contributed by atoms with Crippen molar-refractivity contribution in [2.75, 3.05) is 13.2 Å². The van der Waals surface area contributed by atoms with E-state index >= 15 is 0 Å². The van der Waals surface area contributed by atoms with Crippen LogP contribution in [0.25, 0.3) is 11.4 Å². The van der Waals surface area contributed by atoms with E-state index in [-0.39, 0.29) is 10.8 Å². The van der Waals surface area contributed by atoms with Gasteiger partial charge >= 0.3 is 4.87 Å². The first-order valence-electron chi connectivity index (χ1n) is 10.4. The number of nitrogens with zero attached hydrogens (tertiary/aromatic N) is 3. The van der Waals surface area contributed by atoms with E-state index in [1.165, 1.54) is 0 Å². The highest BCUT2D eigenvalue weighted by atomic mass is 32.1. The zero-order valence-electron chi connectivity index (χ0n) is 18.3. The molecule has 0 aliphatic heterocycles. The van der Waals surface area contributed by atoms with Crippen LogP contribution in [0.3, 0.4) is 0 Å². The monoisotopic (exact) mass is 464 g/mol. The van der Waals surface area contributed by atoms with Gasteiger partial charge in [-0.25, -0.2) is 4.98 Å². The lowest BCUT2D eigenvalue weighted by molar-refractivity contribution is 0.108. The minimum atomic E-state index is -0.264. The molecule has 2 aromatic carbocycles. The van der Waals surface area contributed by atoms with Crippen LogP contribution < -0.4 is 9.61 Å². The Morgan fingerprint density at radius 1 is 1.15 bits per heavy atom. The summed E-state index contributed by atoms with van der Waals surface area (Å²) >= 11 is 1.01. The molecule has 0 saturated carbocycles. The molecule has 9 heteroatoms. The lowest BCUT2D eigenvalue weighted by Gasteiger charge is -2.06. The highest BCUT2D eigenvalue weighted by molar-refractivity contribution is 7.09. The molecule has 2 aromatic heterocycles. The Bertz CT molecular complexity index is 1290. The summed E-state index contributed by atoms with van der Waals surface area (Å²) in [5.74, 6) is 1.51. The van der Waals surface area contributed by atoms with Gasteiger partial charge in [-0.15, -0.1) is 0 Å². The fourth-order valence-corrected chi connectivity index (χ4v) is 4.13. The molecule has 4 aromatic rings. The van der Waals surface area contributed by atoms with Gasteiger partial charge in [0.05, 0.1) is 22.5 Å². The van der Waals surface area contributed by atoms with Gasteiger partial charge < -0.3 is 19.2 Å². The molecular formula is C24H24N4O4S. The first kappa shape index (κ1) is 22.3. The average molecular weight is 465 g/mol. The second-order valence-electron chi connectivity index (χ2n) is 7.35. The maximum absolute atomic E-state index is 11.3. The lowest BCUT2D eigenvalue weighted by Crippen LogP contribution is -2.05. The first-order valence-corrected chi connectivity index (χ1v) is 11.2. The number of H-pyrrole nitrogens is 1. The minimum absolute atomic E-state index is 0.0689. The number of aromatic amines is 1. The van der Waals surface area contributed by atoms with Crippen molar-refractivity contribution in [2.24, 2.45) is 12.2 Å². The molecule has 0 radical (unpaired) electrons. The quantitative estimate of drug-likeness (QED) is 0.222. The number of aromatic nitrogens is 3. The SMILES string of the molecule is Cc1nc(-c2ccccc2)n(C)c1C=NOCCOc1ccc(Cc2sc(=O)[nH]c2O)cc1. The van der Waals surface area contributed by atoms with Gasteiger partial charge in [0.15, 0.2) is 6.61 Å². The molecule has 0 saturated heterocycles. The molecule has 33 heavy (non-hydrogen) atoms. The van der Waals surface area contributed by atoms with Gasteiger partial charge in [-0.2, -0.15) is 0 Å². The van der Waals surface area contributed by atoms with E-state index in [0.29, 0.717) is 30.3 Å². The van der Waals surface area contributed by atoms with Crippen LogP contribution in [0.15, 0.2) is 64.5 Å². The fraction of sp³-hybridized carbons (Fsp3) is 0.208. The molecule has 2 N–H and O–H groups in total. The smallest absolute Gasteiger partial charge is 0.307 e. The number of ether oxygens (including phenoxy) is 1. The van der Waals surface area contributed by atoms with Gasteiger partial charge in [0.1, 0.15) is 18.2 Å². The summed E-state index contributed by atoms with van der Waals surface area (Å²) in [6, 6.07) is 17.5. The summed E-state index contributed by atoms with van der Waals surface area (Å²) in [5, 5.41) is 13.7. The molecule has 0 unspecified atom stereocenters. The Hall–Kier alpha value is -3.85. The number of nitrogens with one attached hydrogen (secondary N) is 1. The summed E-state index contributed by atoms with van der Waals surface area (Å²) in [4.78, 5) is 24.0. The average Bonchev–Trinajstić information content (AvgIpc) is 3.29. The zero-order chi connectivity index (χ0) is 23.2. The number of aryl methyl sites for hydroxylation is 1. The molecule has 0 atom stereocenters. The Kier molecular flexibility index (Phi) is 6.89. The molecule has 0 bridgehead atoms. The lowest BCUT2D eigenvalue weighted by atomic mass is 10.1. The van der Waals surface area contributed by atoms with Crippen molar-refractivity contribution in [2.45, 2.75) is 13.3 Å². The largest absolute Gasteiger partial charge is 0.494 e. The number of aromatic hydroxyl groups is 1. The normalized spacial score (nSPS) is 11.2. The predicted octanol–water partition coefficient (Wildman–Crippen LogP) is 3.87. The molecule has 0 amide bonds. The molecular weight excluding hydrogens is 440 g/mol. The van der Waals surface area contributed by atoms with E-state index in [2.05, 4.69) is 15.1 Å². The Morgan fingerprint density at radius 2 is 1.91 bits per heavy atom. The van der Waals surface area contributed by atoms with Crippen LogP contribution >= 0.6 is 11.3 Å². The van der Waals surface area contributed by atoms with Crippen molar-refractivity contribution >= 4 is 17.6 Å². The van der Waals surface area contributed by atoms with Crippen molar-refractivity contribution in [3.05, 3.63) is 86.1 Å². The van der Waals surface area contributed by atoms with Gasteiger partial charge in [0, 0.05) is 19.0 Å². The van der Waals surface area contributed by atoms with Crippen molar-refractivity contribution in [1.29, 1.82) is 0 Å². The number of rotatable bonds is 9. The van der Waals surface area contributed by atoms with E-state index in [0.717, 1.165) is 39.7 Å². The van der Waals surface area contributed by atoms with E-state index in [1.807, 2.05) is 73.1 Å². The van der Waals surface area contributed by atoms with Crippen molar-refractivity contribution in [1.82, 2.24) is 14.5 Å². The summed E-state index contributed by atoms with van der Waals surface area (Å²) in [6.45, 7) is 2.58. The van der Waals surface area contributed by atoms with Gasteiger partial charge in [-0.1, -0.05) is 59.0 Å². The Morgan fingerprint density at radius 3 is 2.61 bits per heavy atom. The van der Waals surface area contributed by atoms with Crippen molar-refractivity contribution in [3.63, 3.8) is 0 Å². The summed E-state index contributed by atoms with van der Waals surface area (Å²) in [7, 11) is 1.95. The summed E-state index contributed by atoms with van der Waals surface area (Å²) in [5.41, 5.74) is 3.77. The number of hydrogen-bond donors (Lipinski definition) is 2. The summed E-state index contributed by atoms with van der Waals surface area (Å²) < 4.78 is 7.67. The highest BCUT2D eigenvalue weighted by Crippen LogP contribution is 2.22.